The topological polar surface area (TPSA) is 21.3 Å². The van der Waals surface area contributed by atoms with Crippen LogP contribution in [0.15, 0.2) is 40.9 Å². The third kappa shape index (κ3) is 3.80. The first-order valence-electron chi connectivity index (χ1n) is 6.55. The van der Waals surface area contributed by atoms with Gasteiger partial charge in [-0.2, -0.15) is 0 Å². The first-order chi connectivity index (χ1) is 10.0. The normalized spacial score (nSPS) is 12.2. The summed E-state index contributed by atoms with van der Waals surface area (Å²) >= 11 is 3.19. The molecule has 1 N–H and O–H groups in total. The summed E-state index contributed by atoms with van der Waals surface area (Å²) in [5, 5.41) is 3.09. The quantitative estimate of drug-likeness (QED) is 0.846. The van der Waals surface area contributed by atoms with E-state index < -0.39 is 0 Å². The van der Waals surface area contributed by atoms with Crippen LogP contribution in [-0.4, -0.2) is 7.05 Å². The van der Waals surface area contributed by atoms with Crippen LogP contribution in [0.5, 0.6) is 5.75 Å². The maximum absolute atomic E-state index is 13.5. The Kier molecular flexibility index (Phi) is 5.31. The lowest BCUT2D eigenvalue weighted by Gasteiger charge is -2.17. The maximum Gasteiger partial charge on any atom is 0.137 e. The number of hydrogen-bond acceptors (Lipinski definition) is 2. The summed E-state index contributed by atoms with van der Waals surface area (Å²) in [5.41, 5.74) is 1.52. The van der Waals surface area contributed by atoms with Crippen LogP contribution < -0.4 is 10.1 Å². The Morgan fingerprint density at radius 1 is 1.24 bits per heavy atom. The van der Waals surface area contributed by atoms with Crippen LogP contribution >= 0.6 is 15.9 Å². The van der Waals surface area contributed by atoms with Gasteiger partial charge in [-0.15, -0.1) is 0 Å². The first kappa shape index (κ1) is 15.9. The maximum atomic E-state index is 13.5. The van der Waals surface area contributed by atoms with E-state index in [1.165, 1.54) is 18.2 Å². The van der Waals surface area contributed by atoms with E-state index in [9.17, 15) is 8.78 Å². The van der Waals surface area contributed by atoms with Crippen LogP contribution in [0.2, 0.25) is 0 Å². The molecule has 0 radical (unpaired) electrons. The number of rotatable bonds is 5. The molecule has 5 heteroatoms. The van der Waals surface area contributed by atoms with E-state index >= 15 is 0 Å². The van der Waals surface area contributed by atoms with Crippen molar-refractivity contribution in [3.63, 3.8) is 0 Å². The SMILES string of the molecule is CNC(C)c1ccc(F)cc1OCc1cccc(F)c1Br. The molecule has 0 bridgehead atoms. The molecule has 0 heterocycles. The Balaban J connectivity index is 2.23. The highest BCUT2D eigenvalue weighted by molar-refractivity contribution is 9.10. The molecule has 0 amide bonds. The van der Waals surface area contributed by atoms with Crippen molar-refractivity contribution in [1.29, 1.82) is 0 Å². The molecule has 0 aliphatic rings. The van der Waals surface area contributed by atoms with E-state index in [1.54, 1.807) is 18.2 Å². The lowest BCUT2D eigenvalue weighted by molar-refractivity contribution is 0.297. The molecular formula is C16H16BrF2NO. The Bertz CT molecular complexity index is 634. The second kappa shape index (κ2) is 7.00. The molecule has 2 aromatic carbocycles. The molecule has 0 saturated carbocycles. The van der Waals surface area contributed by atoms with Crippen molar-refractivity contribution in [2.45, 2.75) is 19.6 Å². The van der Waals surface area contributed by atoms with Gasteiger partial charge in [0.05, 0.1) is 4.47 Å². The third-order valence-corrected chi connectivity index (χ3v) is 4.18. The fourth-order valence-electron chi connectivity index (χ4n) is 1.96. The molecule has 1 unspecified atom stereocenters. The van der Waals surface area contributed by atoms with Crippen molar-refractivity contribution in [3.05, 3.63) is 63.6 Å². The highest BCUT2D eigenvalue weighted by atomic mass is 79.9. The Morgan fingerprint density at radius 3 is 2.71 bits per heavy atom. The van der Waals surface area contributed by atoms with Gasteiger partial charge in [-0.1, -0.05) is 18.2 Å². The fourth-order valence-corrected chi connectivity index (χ4v) is 2.34. The first-order valence-corrected chi connectivity index (χ1v) is 7.34. The van der Waals surface area contributed by atoms with Gasteiger partial charge in [-0.05, 0) is 42.0 Å². The third-order valence-electron chi connectivity index (χ3n) is 3.29. The molecule has 1 atom stereocenters. The lowest BCUT2D eigenvalue weighted by Crippen LogP contribution is -2.14. The van der Waals surface area contributed by atoms with Gasteiger partial charge in [0.1, 0.15) is 24.0 Å². The summed E-state index contributed by atoms with van der Waals surface area (Å²) in [6.45, 7) is 2.11. The molecule has 0 fully saturated rings. The fraction of sp³-hybridized carbons (Fsp3) is 0.250. The van der Waals surface area contributed by atoms with Gasteiger partial charge in [0.15, 0.2) is 0 Å². The molecule has 0 saturated heterocycles. The van der Waals surface area contributed by atoms with Crippen molar-refractivity contribution in [3.8, 4) is 5.75 Å². The summed E-state index contributed by atoms with van der Waals surface area (Å²) in [5.74, 6) is -0.262. The number of nitrogens with one attached hydrogen (secondary N) is 1. The molecule has 2 rings (SSSR count). The highest BCUT2D eigenvalue weighted by Crippen LogP contribution is 2.28. The minimum atomic E-state index is -0.365. The number of ether oxygens (including phenoxy) is 1. The summed E-state index contributed by atoms with van der Waals surface area (Å²) in [7, 11) is 1.82. The van der Waals surface area contributed by atoms with Gasteiger partial charge in [0, 0.05) is 23.2 Å². The van der Waals surface area contributed by atoms with Crippen LogP contribution in [-0.2, 0) is 6.61 Å². The zero-order valence-corrected chi connectivity index (χ0v) is 13.4. The Morgan fingerprint density at radius 2 is 2.00 bits per heavy atom. The number of benzene rings is 2. The zero-order chi connectivity index (χ0) is 15.4. The van der Waals surface area contributed by atoms with Gasteiger partial charge < -0.3 is 10.1 Å². The van der Waals surface area contributed by atoms with Gasteiger partial charge in [-0.3, -0.25) is 0 Å². The molecule has 112 valence electrons. The van der Waals surface area contributed by atoms with E-state index in [1.807, 2.05) is 14.0 Å². The second-order valence-electron chi connectivity index (χ2n) is 4.69. The molecule has 0 aromatic heterocycles. The van der Waals surface area contributed by atoms with E-state index in [0.29, 0.717) is 15.8 Å². The standard InChI is InChI=1S/C16H16BrF2NO/c1-10(20-2)13-7-6-12(18)8-15(13)21-9-11-4-3-5-14(19)16(11)17/h3-8,10,20H,9H2,1-2H3. The average molecular weight is 356 g/mol. The van der Waals surface area contributed by atoms with Crippen molar-refractivity contribution in [1.82, 2.24) is 5.32 Å². The molecule has 0 aliphatic heterocycles. The van der Waals surface area contributed by atoms with E-state index in [0.717, 1.165) is 5.56 Å². The minimum absolute atomic E-state index is 0.0246. The van der Waals surface area contributed by atoms with Gasteiger partial charge in [0.2, 0.25) is 0 Å². The number of hydrogen-bond donors (Lipinski definition) is 1. The summed E-state index contributed by atoms with van der Waals surface area (Å²) in [6.07, 6.45) is 0. The molecule has 0 aliphatic carbocycles. The van der Waals surface area contributed by atoms with Gasteiger partial charge in [0.25, 0.3) is 0 Å². The summed E-state index contributed by atoms with van der Waals surface area (Å²) in [6, 6.07) is 9.19. The molecular weight excluding hydrogens is 340 g/mol. The van der Waals surface area contributed by atoms with E-state index in [-0.39, 0.29) is 24.3 Å². The Hall–Kier alpha value is -1.46. The smallest absolute Gasteiger partial charge is 0.137 e. The summed E-state index contributed by atoms with van der Waals surface area (Å²) in [4.78, 5) is 0. The van der Waals surface area contributed by atoms with E-state index in [2.05, 4.69) is 21.2 Å². The predicted molar refractivity (Wildman–Crippen MR) is 82.3 cm³/mol. The predicted octanol–water partition coefficient (Wildman–Crippen LogP) is 4.59. The van der Waals surface area contributed by atoms with Crippen LogP contribution in [0.4, 0.5) is 8.78 Å². The van der Waals surface area contributed by atoms with E-state index in [4.69, 9.17) is 4.74 Å². The largest absolute Gasteiger partial charge is 0.488 e. The molecule has 2 aromatic rings. The molecule has 21 heavy (non-hydrogen) atoms. The Labute approximate surface area is 131 Å². The van der Waals surface area contributed by atoms with Crippen LogP contribution in [0.25, 0.3) is 0 Å². The van der Waals surface area contributed by atoms with Crippen LogP contribution in [0.3, 0.4) is 0 Å². The van der Waals surface area contributed by atoms with Crippen molar-refractivity contribution >= 4 is 15.9 Å². The highest BCUT2D eigenvalue weighted by Gasteiger charge is 2.12. The van der Waals surface area contributed by atoms with Crippen molar-refractivity contribution in [2.24, 2.45) is 0 Å². The van der Waals surface area contributed by atoms with Gasteiger partial charge >= 0.3 is 0 Å². The lowest BCUT2D eigenvalue weighted by atomic mass is 10.1. The number of halogens is 3. The second-order valence-corrected chi connectivity index (χ2v) is 5.49. The van der Waals surface area contributed by atoms with Crippen molar-refractivity contribution in [2.75, 3.05) is 7.05 Å². The van der Waals surface area contributed by atoms with Crippen LogP contribution in [0, 0.1) is 11.6 Å². The average Bonchev–Trinajstić information content (AvgIpc) is 2.48. The van der Waals surface area contributed by atoms with Crippen molar-refractivity contribution < 1.29 is 13.5 Å². The van der Waals surface area contributed by atoms with Gasteiger partial charge in [-0.25, -0.2) is 8.78 Å². The minimum Gasteiger partial charge on any atom is -0.488 e. The monoisotopic (exact) mass is 355 g/mol. The zero-order valence-electron chi connectivity index (χ0n) is 11.8. The summed E-state index contributed by atoms with van der Waals surface area (Å²) < 4.78 is 32.9. The molecule has 0 spiro atoms. The molecule has 2 nitrogen and oxygen atoms in total. The van der Waals surface area contributed by atoms with Crippen LogP contribution in [0.1, 0.15) is 24.1 Å².